The molecule has 0 saturated heterocycles. The Morgan fingerprint density at radius 3 is 2.76 bits per heavy atom. The van der Waals surface area contributed by atoms with E-state index < -0.39 is 6.09 Å². The van der Waals surface area contributed by atoms with E-state index in [2.05, 4.69) is 20.5 Å². The maximum Gasteiger partial charge on any atom is 0.404 e. The van der Waals surface area contributed by atoms with Crippen molar-refractivity contribution in [3.05, 3.63) is 52.5 Å². The lowest BCUT2D eigenvalue weighted by molar-refractivity contribution is 0.103. The summed E-state index contributed by atoms with van der Waals surface area (Å²) in [6, 6.07) is 6.77. The number of carboxylic acid groups (broad SMARTS) is 1. The van der Waals surface area contributed by atoms with Crippen LogP contribution in [-0.4, -0.2) is 45.3 Å². The Hall–Kier alpha value is -3.62. The molecule has 3 rings (SSSR count). The highest BCUT2D eigenvalue weighted by Gasteiger charge is 2.23. The van der Waals surface area contributed by atoms with E-state index in [0.29, 0.717) is 46.5 Å². The van der Waals surface area contributed by atoms with Crippen molar-refractivity contribution in [3.63, 3.8) is 0 Å². The van der Waals surface area contributed by atoms with E-state index in [0.717, 1.165) is 5.56 Å². The fourth-order valence-corrected chi connectivity index (χ4v) is 3.00. The summed E-state index contributed by atoms with van der Waals surface area (Å²) < 4.78 is 11.1. The van der Waals surface area contributed by atoms with Gasteiger partial charge in [-0.2, -0.15) is 0 Å². The second kappa shape index (κ2) is 8.59. The van der Waals surface area contributed by atoms with Crippen LogP contribution in [0.15, 0.2) is 28.7 Å². The molecule has 0 aliphatic rings. The first-order chi connectivity index (χ1) is 13.9. The van der Waals surface area contributed by atoms with Crippen LogP contribution in [0.1, 0.15) is 40.0 Å². The summed E-state index contributed by atoms with van der Waals surface area (Å²) in [6.45, 7) is 5.88. The number of nitrogens with one attached hydrogen (secondary N) is 2. The number of benzene rings is 1. The number of aromatic amines is 1. The third-order valence-corrected chi connectivity index (χ3v) is 4.39. The van der Waals surface area contributed by atoms with Gasteiger partial charge in [-0.05, 0) is 31.5 Å². The molecular weight excluding hydrogens is 376 g/mol. The van der Waals surface area contributed by atoms with Crippen LogP contribution < -0.4 is 10.1 Å². The summed E-state index contributed by atoms with van der Waals surface area (Å²) in [5.74, 6) is 1.21. The molecule has 3 aromatic rings. The van der Waals surface area contributed by atoms with Crippen molar-refractivity contribution < 1.29 is 23.8 Å². The highest BCUT2D eigenvalue weighted by Crippen LogP contribution is 2.29. The van der Waals surface area contributed by atoms with Crippen molar-refractivity contribution >= 4 is 11.9 Å². The predicted molar refractivity (Wildman–Crippen MR) is 104 cm³/mol. The third-order valence-electron chi connectivity index (χ3n) is 4.39. The molecule has 0 unspecified atom stereocenters. The van der Waals surface area contributed by atoms with Gasteiger partial charge in [0, 0.05) is 23.2 Å². The lowest BCUT2D eigenvalue weighted by Gasteiger charge is -2.08. The Bertz CT molecular complexity index is 1040. The Kier molecular flexibility index (Phi) is 5.96. The maximum absolute atomic E-state index is 13.1. The van der Waals surface area contributed by atoms with E-state index >= 15 is 0 Å². The van der Waals surface area contributed by atoms with Crippen molar-refractivity contribution in [3.8, 4) is 17.3 Å². The van der Waals surface area contributed by atoms with Gasteiger partial charge in [-0.1, -0.05) is 19.1 Å². The second-order valence-electron chi connectivity index (χ2n) is 6.42. The van der Waals surface area contributed by atoms with Gasteiger partial charge in [-0.15, -0.1) is 10.2 Å². The molecule has 0 fully saturated rings. The van der Waals surface area contributed by atoms with E-state index in [1.165, 1.54) is 0 Å². The smallest absolute Gasteiger partial charge is 0.404 e. The Morgan fingerprint density at radius 2 is 2.07 bits per heavy atom. The third kappa shape index (κ3) is 4.45. The number of H-pyrrole nitrogens is 1. The first-order valence-corrected chi connectivity index (χ1v) is 9.17. The average Bonchev–Trinajstić information content (AvgIpc) is 3.29. The highest BCUT2D eigenvalue weighted by atomic mass is 16.5. The zero-order valence-corrected chi connectivity index (χ0v) is 16.4. The lowest BCUT2D eigenvalue weighted by atomic mass is 9.99. The number of aromatic nitrogens is 3. The van der Waals surface area contributed by atoms with Gasteiger partial charge >= 0.3 is 6.09 Å². The lowest BCUT2D eigenvalue weighted by Crippen LogP contribution is -2.26. The van der Waals surface area contributed by atoms with E-state index in [9.17, 15) is 9.59 Å². The minimum absolute atomic E-state index is 0.150. The molecule has 0 aliphatic heterocycles. The van der Waals surface area contributed by atoms with Gasteiger partial charge in [0.15, 0.2) is 5.78 Å². The van der Waals surface area contributed by atoms with Gasteiger partial charge in [0.05, 0.1) is 6.54 Å². The van der Waals surface area contributed by atoms with Crippen LogP contribution in [0.25, 0.3) is 11.6 Å². The number of carbonyl (C=O) groups is 2. The molecule has 0 spiro atoms. The van der Waals surface area contributed by atoms with Crippen LogP contribution in [0, 0.1) is 13.8 Å². The molecule has 2 aromatic heterocycles. The zero-order chi connectivity index (χ0) is 21.0. The number of hydrogen-bond acceptors (Lipinski definition) is 6. The number of rotatable bonds is 8. The maximum atomic E-state index is 13.1. The van der Waals surface area contributed by atoms with E-state index in [-0.39, 0.29) is 18.9 Å². The molecule has 29 heavy (non-hydrogen) atoms. The standard InChI is InChI=1S/C20H22N4O5/c1-4-15-23-24-19(29-15)17-11(2)16(12(3)22-17)18(25)13-6-5-7-14(10-13)28-9-8-21-20(26)27/h5-7,10,21-22H,4,8-9H2,1-3H3,(H,26,27). The van der Waals surface area contributed by atoms with Crippen molar-refractivity contribution in [1.82, 2.24) is 20.5 Å². The van der Waals surface area contributed by atoms with E-state index in [1.54, 1.807) is 24.3 Å². The summed E-state index contributed by atoms with van der Waals surface area (Å²) in [7, 11) is 0. The molecule has 0 atom stereocenters. The minimum Gasteiger partial charge on any atom is -0.492 e. The molecule has 152 valence electrons. The van der Waals surface area contributed by atoms with Crippen LogP contribution in [0.3, 0.4) is 0 Å². The molecule has 0 saturated carbocycles. The fraction of sp³-hybridized carbons (Fsp3) is 0.300. The van der Waals surface area contributed by atoms with Gasteiger partial charge in [-0.25, -0.2) is 4.79 Å². The van der Waals surface area contributed by atoms with Crippen molar-refractivity contribution in [2.45, 2.75) is 27.2 Å². The molecule has 0 radical (unpaired) electrons. The SMILES string of the molecule is CCc1nnc(-c2[nH]c(C)c(C(=O)c3cccc(OCCNC(=O)O)c3)c2C)o1. The van der Waals surface area contributed by atoms with Crippen LogP contribution in [-0.2, 0) is 6.42 Å². The van der Waals surface area contributed by atoms with E-state index in [1.807, 2.05) is 20.8 Å². The number of ether oxygens (including phenoxy) is 1. The molecule has 1 amide bonds. The predicted octanol–water partition coefficient (Wildman–Crippen LogP) is 3.12. The highest BCUT2D eigenvalue weighted by molar-refractivity contribution is 6.11. The normalized spacial score (nSPS) is 10.7. The van der Waals surface area contributed by atoms with E-state index in [4.69, 9.17) is 14.3 Å². The number of aryl methyl sites for hydroxylation is 2. The van der Waals surface area contributed by atoms with Crippen molar-refractivity contribution in [2.75, 3.05) is 13.2 Å². The topological polar surface area (TPSA) is 130 Å². The molecule has 2 heterocycles. The van der Waals surface area contributed by atoms with Gasteiger partial charge in [0.25, 0.3) is 5.89 Å². The van der Waals surface area contributed by atoms with Gasteiger partial charge in [0.2, 0.25) is 5.89 Å². The second-order valence-corrected chi connectivity index (χ2v) is 6.42. The first kappa shape index (κ1) is 20.1. The molecular formula is C20H22N4O5. The van der Waals surface area contributed by atoms with Gasteiger partial charge in [0.1, 0.15) is 18.1 Å². The Morgan fingerprint density at radius 1 is 1.28 bits per heavy atom. The molecule has 9 heteroatoms. The summed E-state index contributed by atoms with van der Waals surface area (Å²) in [4.78, 5) is 26.8. The number of amides is 1. The molecule has 3 N–H and O–H groups in total. The average molecular weight is 398 g/mol. The number of nitrogens with zero attached hydrogens (tertiary/aromatic N) is 2. The van der Waals surface area contributed by atoms with Crippen LogP contribution in [0.4, 0.5) is 4.79 Å². The van der Waals surface area contributed by atoms with Crippen LogP contribution in [0.2, 0.25) is 0 Å². The zero-order valence-electron chi connectivity index (χ0n) is 16.4. The monoisotopic (exact) mass is 398 g/mol. The fourth-order valence-electron chi connectivity index (χ4n) is 3.00. The largest absolute Gasteiger partial charge is 0.492 e. The van der Waals surface area contributed by atoms with Crippen molar-refractivity contribution in [2.24, 2.45) is 0 Å². The number of hydrogen-bond donors (Lipinski definition) is 3. The molecule has 0 bridgehead atoms. The minimum atomic E-state index is -1.11. The van der Waals surface area contributed by atoms with Crippen LogP contribution >= 0.6 is 0 Å². The van der Waals surface area contributed by atoms with Gasteiger partial charge in [-0.3, -0.25) is 4.79 Å². The summed E-state index contributed by atoms with van der Waals surface area (Å²) >= 11 is 0. The molecule has 1 aromatic carbocycles. The summed E-state index contributed by atoms with van der Waals surface area (Å²) in [6.07, 6.45) is -0.481. The molecule has 9 nitrogen and oxygen atoms in total. The van der Waals surface area contributed by atoms with Gasteiger partial charge < -0.3 is 24.6 Å². The van der Waals surface area contributed by atoms with Crippen molar-refractivity contribution in [1.29, 1.82) is 0 Å². The molecule has 0 aliphatic carbocycles. The Labute approximate surface area is 167 Å². The Balaban J connectivity index is 1.82. The van der Waals surface area contributed by atoms with Crippen LogP contribution in [0.5, 0.6) is 5.75 Å². The summed E-state index contributed by atoms with van der Waals surface area (Å²) in [5, 5.41) is 18.8. The number of carbonyl (C=O) groups excluding carboxylic acids is 1. The first-order valence-electron chi connectivity index (χ1n) is 9.17. The number of ketones is 1. The summed E-state index contributed by atoms with van der Waals surface area (Å²) in [5.41, 5.74) is 3.07. The quantitative estimate of drug-likeness (QED) is 0.392.